The molecule has 0 spiro atoms. The molecule has 2 aromatic rings. The van der Waals surface area contributed by atoms with E-state index in [1.54, 1.807) is 0 Å². The molecule has 0 unspecified atom stereocenters. The van der Waals surface area contributed by atoms with Crippen molar-refractivity contribution in [2.24, 2.45) is 0 Å². The summed E-state index contributed by atoms with van der Waals surface area (Å²) in [7, 11) is 0. The monoisotopic (exact) mass is 364 g/mol. The second kappa shape index (κ2) is 6.97. The number of likely N-dealkylation sites (tertiary alicyclic amines) is 1. The minimum atomic E-state index is -0.117. The molecule has 3 heterocycles. The second-order valence-corrected chi connectivity index (χ2v) is 8.45. The van der Waals surface area contributed by atoms with Gasteiger partial charge in [-0.25, -0.2) is 4.79 Å². The van der Waals surface area contributed by atoms with E-state index in [1.165, 1.54) is 5.56 Å². The molecule has 0 aliphatic carbocycles. The normalized spacial score (nSPS) is 21.3. The fourth-order valence-corrected chi connectivity index (χ4v) is 4.19. The topological polar surface area (TPSA) is 48.5 Å². The van der Waals surface area contributed by atoms with E-state index in [1.807, 2.05) is 30.0 Å². The van der Waals surface area contributed by atoms with E-state index in [0.29, 0.717) is 6.54 Å². The third-order valence-corrected chi connectivity index (χ3v) is 5.59. The molecule has 5 nitrogen and oxygen atoms in total. The van der Waals surface area contributed by atoms with Gasteiger partial charge in [0.25, 0.3) is 0 Å². The molecule has 1 N–H and O–H groups in total. The summed E-state index contributed by atoms with van der Waals surface area (Å²) in [6.45, 7) is 9.84. The molecule has 2 amide bonds. The van der Waals surface area contributed by atoms with E-state index in [2.05, 4.69) is 48.3 Å². The van der Waals surface area contributed by atoms with E-state index in [4.69, 9.17) is 4.98 Å². The summed E-state index contributed by atoms with van der Waals surface area (Å²) in [5.74, 6) is 0. The van der Waals surface area contributed by atoms with Crippen molar-refractivity contribution in [1.29, 1.82) is 0 Å². The van der Waals surface area contributed by atoms with Gasteiger partial charge in [0.15, 0.2) is 0 Å². The predicted molar refractivity (Wildman–Crippen MR) is 108 cm³/mol. The smallest absolute Gasteiger partial charge is 0.322 e. The van der Waals surface area contributed by atoms with E-state index in [9.17, 15) is 4.79 Å². The Bertz CT molecular complexity index is 833. The van der Waals surface area contributed by atoms with Gasteiger partial charge in [-0.3, -0.25) is 14.8 Å². The highest BCUT2D eigenvalue weighted by atomic mass is 16.2. The number of anilines is 1. The molecule has 0 radical (unpaired) electrons. The van der Waals surface area contributed by atoms with Crippen LogP contribution in [0.4, 0.5) is 10.5 Å². The lowest BCUT2D eigenvalue weighted by molar-refractivity contribution is 0.241. The number of aryl methyl sites for hydroxylation is 1. The van der Waals surface area contributed by atoms with Gasteiger partial charge in [-0.1, -0.05) is 44.2 Å². The van der Waals surface area contributed by atoms with Crippen molar-refractivity contribution < 1.29 is 4.79 Å². The molecule has 0 saturated carbocycles. The van der Waals surface area contributed by atoms with E-state index in [0.717, 1.165) is 43.1 Å². The number of amides is 2. The number of pyridine rings is 1. The van der Waals surface area contributed by atoms with Crippen LogP contribution in [0.1, 0.15) is 37.2 Å². The summed E-state index contributed by atoms with van der Waals surface area (Å²) < 4.78 is 0. The van der Waals surface area contributed by atoms with E-state index in [-0.39, 0.29) is 17.5 Å². The average molecular weight is 364 g/mol. The number of carbonyl (C=O) groups excluding carboxylic acids is 1. The Kier molecular flexibility index (Phi) is 4.64. The van der Waals surface area contributed by atoms with Crippen LogP contribution in [0.25, 0.3) is 0 Å². The summed E-state index contributed by atoms with van der Waals surface area (Å²) >= 11 is 0. The molecule has 1 aromatic heterocycles. The highest BCUT2D eigenvalue weighted by Gasteiger charge is 2.40. The Morgan fingerprint density at radius 2 is 2.00 bits per heavy atom. The van der Waals surface area contributed by atoms with Crippen LogP contribution in [0.5, 0.6) is 0 Å². The second-order valence-electron chi connectivity index (χ2n) is 8.45. The number of urea groups is 1. The summed E-state index contributed by atoms with van der Waals surface area (Å²) in [5.41, 5.74) is 4.17. The first-order valence-electron chi connectivity index (χ1n) is 9.75. The Morgan fingerprint density at radius 1 is 1.22 bits per heavy atom. The largest absolute Gasteiger partial charge is 0.334 e. The minimum absolute atomic E-state index is 0.000890. The number of hydrogen-bond donors (Lipinski definition) is 1. The van der Waals surface area contributed by atoms with Gasteiger partial charge in [0.05, 0.1) is 11.4 Å². The quantitative estimate of drug-likeness (QED) is 0.907. The fourth-order valence-electron chi connectivity index (χ4n) is 4.19. The van der Waals surface area contributed by atoms with Crippen LogP contribution in [0.2, 0.25) is 0 Å². The van der Waals surface area contributed by atoms with Crippen LogP contribution >= 0.6 is 0 Å². The minimum Gasteiger partial charge on any atom is -0.334 e. The molecule has 1 aromatic carbocycles. The summed E-state index contributed by atoms with van der Waals surface area (Å²) in [6, 6.07) is 14.7. The predicted octanol–water partition coefficient (Wildman–Crippen LogP) is 3.47. The molecule has 5 heteroatoms. The number of carbonyl (C=O) groups is 1. The van der Waals surface area contributed by atoms with Gasteiger partial charge in [0.2, 0.25) is 0 Å². The van der Waals surface area contributed by atoms with Gasteiger partial charge in [-0.15, -0.1) is 0 Å². The van der Waals surface area contributed by atoms with Crippen molar-refractivity contribution in [2.45, 2.75) is 45.2 Å². The number of hydrogen-bond acceptors (Lipinski definition) is 3. The zero-order chi connectivity index (χ0) is 19.0. The first-order chi connectivity index (χ1) is 12.9. The zero-order valence-corrected chi connectivity index (χ0v) is 16.4. The Balaban J connectivity index is 1.39. The summed E-state index contributed by atoms with van der Waals surface area (Å²) in [6.07, 6.45) is 0.995. The Labute approximate surface area is 161 Å². The Hall–Kier alpha value is -2.40. The number of benzene rings is 1. The van der Waals surface area contributed by atoms with Crippen LogP contribution in [0.15, 0.2) is 42.5 Å². The third kappa shape index (κ3) is 3.69. The molecule has 1 saturated heterocycles. The van der Waals surface area contributed by atoms with Gasteiger partial charge >= 0.3 is 6.03 Å². The van der Waals surface area contributed by atoms with E-state index < -0.39 is 0 Å². The van der Waals surface area contributed by atoms with Gasteiger partial charge in [-0.2, -0.15) is 0 Å². The number of nitrogens with zero attached hydrogens (tertiary/aromatic N) is 3. The maximum absolute atomic E-state index is 13.0. The first-order valence-corrected chi connectivity index (χ1v) is 9.75. The Morgan fingerprint density at radius 3 is 2.78 bits per heavy atom. The van der Waals surface area contributed by atoms with Crippen molar-refractivity contribution in [3.05, 3.63) is 59.4 Å². The molecule has 142 valence electrons. The van der Waals surface area contributed by atoms with Crippen LogP contribution in [0.3, 0.4) is 0 Å². The molecular weight excluding hydrogens is 336 g/mol. The highest BCUT2D eigenvalue weighted by Crippen LogP contribution is 2.39. The number of nitrogens with one attached hydrogen (secondary N) is 1. The zero-order valence-electron chi connectivity index (χ0n) is 16.4. The molecular formula is C22H28N4O. The standard InChI is InChI=1S/C22H28N4O/c1-16-9-10-19-20(23-16)22(2,3)15-26(19)21(27)24-18-11-12-25(14-18)13-17-7-5-4-6-8-17/h4-10,18H,11-15H2,1-3H3,(H,24,27)/t18-/m0/s1. The summed E-state index contributed by atoms with van der Waals surface area (Å²) in [5, 5.41) is 3.25. The fraction of sp³-hybridized carbons (Fsp3) is 0.455. The van der Waals surface area contributed by atoms with Gasteiger partial charge in [0, 0.05) is 43.3 Å². The maximum atomic E-state index is 13.0. The lowest BCUT2D eigenvalue weighted by Crippen LogP contribution is -2.46. The van der Waals surface area contributed by atoms with Crippen molar-refractivity contribution in [3.63, 3.8) is 0 Å². The highest BCUT2D eigenvalue weighted by molar-refractivity contribution is 5.94. The third-order valence-electron chi connectivity index (χ3n) is 5.59. The molecule has 0 bridgehead atoms. The SMILES string of the molecule is Cc1ccc2c(n1)C(C)(C)CN2C(=O)N[C@H]1CCN(Cc2ccccc2)C1. The van der Waals surface area contributed by atoms with Gasteiger partial charge in [-0.05, 0) is 31.0 Å². The molecule has 4 rings (SSSR count). The molecule has 1 atom stereocenters. The maximum Gasteiger partial charge on any atom is 0.322 e. The molecule has 27 heavy (non-hydrogen) atoms. The van der Waals surface area contributed by atoms with Crippen LogP contribution in [0, 0.1) is 6.92 Å². The number of rotatable bonds is 3. The lowest BCUT2D eigenvalue weighted by atomic mass is 9.91. The van der Waals surface area contributed by atoms with Crippen molar-refractivity contribution in [1.82, 2.24) is 15.2 Å². The van der Waals surface area contributed by atoms with Crippen molar-refractivity contribution >= 4 is 11.7 Å². The molecule has 2 aliphatic heterocycles. The van der Waals surface area contributed by atoms with Gasteiger partial charge in [0.1, 0.15) is 0 Å². The van der Waals surface area contributed by atoms with Gasteiger partial charge < -0.3 is 5.32 Å². The average Bonchev–Trinajstić information content (AvgIpc) is 3.18. The molecule has 2 aliphatic rings. The first kappa shape index (κ1) is 18.0. The summed E-state index contributed by atoms with van der Waals surface area (Å²) in [4.78, 5) is 21.9. The number of aromatic nitrogens is 1. The van der Waals surface area contributed by atoms with Crippen LogP contribution in [-0.4, -0.2) is 41.6 Å². The van der Waals surface area contributed by atoms with E-state index >= 15 is 0 Å². The van der Waals surface area contributed by atoms with Crippen LogP contribution < -0.4 is 10.2 Å². The molecule has 1 fully saturated rings. The number of fused-ring (bicyclic) bond motifs is 1. The van der Waals surface area contributed by atoms with Crippen molar-refractivity contribution in [2.75, 3.05) is 24.5 Å². The lowest BCUT2D eigenvalue weighted by Gasteiger charge is -2.23. The van der Waals surface area contributed by atoms with Crippen LogP contribution in [-0.2, 0) is 12.0 Å². The van der Waals surface area contributed by atoms with Crippen molar-refractivity contribution in [3.8, 4) is 0 Å².